The zero-order valence-corrected chi connectivity index (χ0v) is 17.5. The molecule has 6 nitrogen and oxygen atoms in total. The van der Waals surface area contributed by atoms with Gasteiger partial charge in [-0.25, -0.2) is 4.79 Å². The molecule has 3 amide bonds. The minimum Gasteiger partial charge on any atom is -0.335 e. The number of nitrogens with zero attached hydrogens (tertiary/aromatic N) is 1. The number of urea groups is 1. The van der Waals surface area contributed by atoms with Crippen molar-refractivity contribution in [1.82, 2.24) is 10.2 Å². The van der Waals surface area contributed by atoms with Crippen LogP contribution in [0.4, 0.5) is 16.2 Å². The lowest BCUT2D eigenvalue weighted by atomic mass is 10.1. The summed E-state index contributed by atoms with van der Waals surface area (Å²) < 4.78 is 0. The van der Waals surface area contributed by atoms with E-state index in [-0.39, 0.29) is 18.0 Å². The molecule has 0 radical (unpaired) electrons. The highest BCUT2D eigenvalue weighted by molar-refractivity contribution is 7.98. The zero-order valence-electron chi connectivity index (χ0n) is 16.7. The van der Waals surface area contributed by atoms with Gasteiger partial charge in [-0.2, -0.15) is 0 Å². The standard InChI is InChI=1S/C22H28N4O2S/c1-29-20-10-6-5-9-19(20)25-21(27)13-16-26-14-11-18(12-15-26)24-22(28)23-17-7-3-2-4-8-17/h2-10,18H,11-16H2,1H3,(H,25,27)(H2,23,24,28). The number of anilines is 2. The van der Waals surface area contributed by atoms with Gasteiger partial charge in [-0.3, -0.25) is 4.79 Å². The predicted octanol–water partition coefficient (Wildman–Crippen LogP) is 4.02. The van der Waals surface area contributed by atoms with Gasteiger partial charge in [0.05, 0.1) is 5.69 Å². The third-order valence-corrected chi connectivity index (χ3v) is 5.79. The van der Waals surface area contributed by atoms with Crippen LogP contribution < -0.4 is 16.0 Å². The number of carbonyl (C=O) groups excluding carboxylic acids is 2. The average molecular weight is 413 g/mol. The summed E-state index contributed by atoms with van der Waals surface area (Å²) in [6, 6.07) is 17.3. The van der Waals surface area contributed by atoms with Crippen LogP contribution in [0.15, 0.2) is 59.5 Å². The molecule has 0 spiro atoms. The van der Waals surface area contributed by atoms with E-state index < -0.39 is 0 Å². The Kier molecular flexibility index (Phi) is 7.95. The molecule has 0 saturated carbocycles. The van der Waals surface area contributed by atoms with Gasteiger partial charge >= 0.3 is 6.03 Å². The highest BCUT2D eigenvalue weighted by atomic mass is 32.2. The van der Waals surface area contributed by atoms with Gasteiger partial charge in [-0.1, -0.05) is 30.3 Å². The van der Waals surface area contributed by atoms with Crippen LogP contribution in [0.3, 0.4) is 0 Å². The summed E-state index contributed by atoms with van der Waals surface area (Å²) >= 11 is 1.62. The van der Waals surface area contributed by atoms with Crippen molar-refractivity contribution in [2.75, 3.05) is 36.5 Å². The van der Waals surface area contributed by atoms with Crippen molar-refractivity contribution < 1.29 is 9.59 Å². The average Bonchev–Trinajstić information content (AvgIpc) is 2.74. The first-order valence-corrected chi connectivity index (χ1v) is 11.1. The molecular weight excluding hydrogens is 384 g/mol. The van der Waals surface area contributed by atoms with E-state index in [1.807, 2.05) is 60.9 Å². The molecule has 7 heteroatoms. The molecule has 2 aromatic carbocycles. The summed E-state index contributed by atoms with van der Waals surface area (Å²) in [5.41, 5.74) is 1.66. The molecule has 2 aromatic rings. The second-order valence-electron chi connectivity index (χ2n) is 7.08. The van der Waals surface area contributed by atoms with E-state index in [1.54, 1.807) is 11.8 Å². The van der Waals surface area contributed by atoms with Crippen molar-refractivity contribution >= 4 is 35.1 Å². The third-order valence-electron chi connectivity index (χ3n) is 4.99. The number of carbonyl (C=O) groups is 2. The lowest BCUT2D eigenvalue weighted by Crippen LogP contribution is -2.46. The zero-order chi connectivity index (χ0) is 20.5. The summed E-state index contributed by atoms with van der Waals surface area (Å²) in [4.78, 5) is 27.8. The molecule has 0 aliphatic carbocycles. The van der Waals surface area contributed by atoms with Gasteiger partial charge in [0.1, 0.15) is 0 Å². The number of rotatable bonds is 7. The van der Waals surface area contributed by atoms with Crippen LogP contribution in [0, 0.1) is 0 Å². The van der Waals surface area contributed by atoms with Gasteiger partial charge in [-0.05, 0) is 43.4 Å². The van der Waals surface area contributed by atoms with E-state index in [0.717, 1.165) is 48.7 Å². The van der Waals surface area contributed by atoms with Crippen molar-refractivity contribution in [3.63, 3.8) is 0 Å². The van der Waals surface area contributed by atoms with E-state index in [2.05, 4.69) is 20.9 Å². The molecule has 1 fully saturated rings. The van der Waals surface area contributed by atoms with Crippen LogP contribution >= 0.6 is 11.8 Å². The van der Waals surface area contributed by atoms with E-state index in [9.17, 15) is 9.59 Å². The molecule has 1 aliphatic heterocycles. The van der Waals surface area contributed by atoms with Gasteiger partial charge < -0.3 is 20.9 Å². The van der Waals surface area contributed by atoms with Crippen LogP contribution in [0.2, 0.25) is 0 Å². The van der Waals surface area contributed by atoms with Crippen molar-refractivity contribution in [2.45, 2.75) is 30.2 Å². The molecule has 0 bridgehead atoms. The van der Waals surface area contributed by atoms with Crippen molar-refractivity contribution in [2.24, 2.45) is 0 Å². The Morgan fingerprint density at radius 1 is 1.00 bits per heavy atom. The Labute approximate surface area is 176 Å². The quantitative estimate of drug-likeness (QED) is 0.601. The minimum absolute atomic E-state index is 0.0361. The van der Waals surface area contributed by atoms with Crippen LogP contribution in [0.5, 0.6) is 0 Å². The van der Waals surface area contributed by atoms with Gasteiger partial charge in [0.15, 0.2) is 0 Å². The molecule has 0 atom stereocenters. The number of thioether (sulfide) groups is 1. The fourth-order valence-corrected chi connectivity index (χ4v) is 3.95. The lowest BCUT2D eigenvalue weighted by Gasteiger charge is -2.32. The van der Waals surface area contributed by atoms with Crippen LogP contribution in [0.25, 0.3) is 0 Å². The highest BCUT2D eigenvalue weighted by Crippen LogP contribution is 2.24. The maximum absolute atomic E-state index is 12.3. The van der Waals surface area contributed by atoms with Gasteiger partial charge in [-0.15, -0.1) is 11.8 Å². The Morgan fingerprint density at radius 3 is 2.41 bits per heavy atom. The van der Waals surface area contributed by atoms with Crippen LogP contribution in [0.1, 0.15) is 19.3 Å². The van der Waals surface area contributed by atoms with Gasteiger partial charge in [0.25, 0.3) is 0 Å². The first-order chi connectivity index (χ1) is 14.1. The highest BCUT2D eigenvalue weighted by Gasteiger charge is 2.21. The topological polar surface area (TPSA) is 73.5 Å². The fourth-order valence-electron chi connectivity index (χ4n) is 3.40. The summed E-state index contributed by atoms with van der Waals surface area (Å²) in [5.74, 6) is 0.0361. The molecule has 29 heavy (non-hydrogen) atoms. The first-order valence-electron chi connectivity index (χ1n) is 9.92. The van der Waals surface area contributed by atoms with E-state index in [4.69, 9.17) is 0 Å². The smallest absolute Gasteiger partial charge is 0.319 e. The monoisotopic (exact) mass is 412 g/mol. The Balaban J connectivity index is 1.35. The number of likely N-dealkylation sites (tertiary alicyclic amines) is 1. The number of benzene rings is 2. The van der Waals surface area contributed by atoms with Gasteiger partial charge in [0.2, 0.25) is 5.91 Å². The van der Waals surface area contributed by atoms with Crippen LogP contribution in [-0.2, 0) is 4.79 Å². The molecule has 1 heterocycles. The third kappa shape index (κ3) is 6.80. The summed E-state index contributed by atoms with van der Waals surface area (Å²) in [7, 11) is 0. The summed E-state index contributed by atoms with van der Waals surface area (Å²) in [6.45, 7) is 2.49. The van der Waals surface area contributed by atoms with E-state index >= 15 is 0 Å². The molecule has 1 saturated heterocycles. The largest absolute Gasteiger partial charge is 0.335 e. The predicted molar refractivity (Wildman–Crippen MR) is 120 cm³/mol. The molecule has 3 N–H and O–H groups in total. The molecular formula is C22H28N4O2S. The number of hydrogen-bond acceptors (Lipinski definition) is 4. The lowest BCUT2D eigenvalue weighted by molar-refractivity contribution is -0.116. The Hall–Kier alpha value is -2.51. The molecule has 3 rings (SSSR count). The molecule has 1 aliphatic rings. The van der Waals surface area contributed by atoms with E-state index in [0.29, 0.717) is 6.42 Å². The number of hydrogen-bond donors (Lipinski definition) is 3. The second-order valence-corrected chi connectivity index (χ2v) is 7.93. The van der Waals surface area contributed by atoms with Crippen molar-refractivity contribution in [1.29, 1.82) is 0 Å². The summed E-state index contributed by atoms with van der Waals surface area (Å²) in [6.07, 6.45) is 4.25. The normalized spacial score (nSPS) is 14.9. The van der Waals surface area contributed by atoms with Crippen molar-refractivity contribution in [3.05, 3.63) is 54.6 Å². The fraction of sp³-hybridized carbons (Fsp3) is 0.364. The number of nitrogens with one attached hydrogen (secondary N) is 3. The SMILES string of the molecule is CSc1ccccc1NC(=O)CCN1CCC(NC(=O)Nc2ccccc2)CC1. The van der Waals surface area contributed by atoms with Gasteiger partial charge in [0, 0.05) is 42.7 Å². The first kappa shape index (κ1) is 21.2. The number of amides is 3. The second kappa shape index (κ2) is 10.9. The van der Waals surface area contributed by atoms with Crippen molar-refractivity contribution in [3.8, 4) is 0 Å². The summed E-state index contributed by atoms with van der Waals surface area (Å²) in [5, 5.41) is 8.90. The van der Waals surface area contributed by atoms with Crippen LogP contribution in [-0.4, -0.2) is 48.8 Å². The Bertz CT molecular complexity index is 807. The minimum atomic E-state index is -0.165. The van der Waals surface area contributed by atoms with E-state index in [1.165, 1.54) is 0 Å². The maximum atomic E-state index is 12.3. The molecule has 0 aromatic heterocycles. The number of piperidine rings is 1. The Morgan fingerprint density at radius 2 is 1.69 bits per heavy atom. The molecule has 0 unspecified atom stereocenters. The maximum Gasteiger partial charge on any atom is 0.319 e. The molecule has 154 valence electrons. The number of para-hydroxylation sites is 2.